The Balaban J connectivity index is 1.24. The van der Waals surface area contributed by atoms with Crippen molar-refractivity contribution in [2.24, 2.45) is 23.5 Å². The summed E-state index contributed by atoms with van der Waals surface area (Å²) in [5.41, 5.74) is 5.53. The zero-order chi connectivity index (χ0) is 60.1. The number of pyridine rings is 1. The molecule has 82 heavy (non-hydrogen) atoms. The van der Waals surface area contributed by atoms with Crippen LogP contribution in [0.2, 0.25) is 5.02 Å². The smallest absolute Gasteiger partial charge is 0.412 e. The molecule has 4 heterocycles. The summed E-state index contributed by atoms with van der Waals surface area (Å²) in [6.45, 7) is 11.1. The van der Waals surface area contributed by atoms with Crippen LogP contribution in [0.3, 0.4) is 0 Å². The summed E-state index contributed by atoms with van der Waals surface area (Å²) in [5.74, 6) is -2.37. The number of hydrogen-bond donors (Lipinski definition) is 5. The lowest BCUT2D eigenvalue weighted by molar-refractivity contribution is -0.187. The van der Waals surface area contributed by atoms with Crippen molar-refractivity contribution in [2.45, 2.75) is 173 Å². The predicted octanol–water partition coefficient (Wildman–Crippen LogP) is 9.18. The standard InChI is InChI=1S/C61H81ClN6O13S/c1-35(2)43(31-41(82)19-13-11-10-12-18-37(4)69)57(73)66-44(21-16-26-65-58(63)74)47(70)30-40-23-24-45(55-42(40)20-15-25-64-55)67-59(75)80-51-32-52(71)68(7)46-28-39(29-48(77-8)54(46)62)27-36(3)17-14-22-50(78-9)61(76)33-49(79-53(72)34-61)38(5)56-60(51,6)81-56/h14-15,17,20,22-25,28-29,35,38,43-44,49-51,56,76H,10-13,16,18-19,21,26-27,30-34H2,1-9H3,(H,66,73)(H,67,75)(H3,63,65,74)/b22-14+,36-17+/t38-,43+,44+,49+,50-,51+,56+,60+,61-/m1/s1. The summed E-state index contributed by atoms with van der Waals surface area (Å²) in [7, 11) is 4.50. The Morgan fingerprint density at radius 1 is 1.05 bits per heavy atom. The summed E-state index contributed by atoms with van der Waals surface area (Å²) in [6, 6.07) is 8.64. The van der Waals surface area contributed by atoms with Crippen LogP contribution in [0.15, 0.2) is 66.4 Å². The van der Waals surface area contributed by atoms with Gasteiger partial charge in [0.1, 0.15) is 46.1 Å². The van der Waals surface area contributed by atoms with Crippen LogP contribution in [0, 0.1) is 17.8 Å². The Morgan fingerprint density at radius 2 is 1.78 bits per heavy atom. The summed E-state index contributed by atoms with van der Waals surface area (Å²) in [6.07, 6.45) is 7.49. The summed E-state index contributed by atoms with van der Waals surface area (Å²) in [5, 5.41) is 21.1. The molecule has 9 atom stereocenters. The van der Waals surface area contributed by atoms with Gasteiger partial charge in [-0.1, -0.05) is 93.4 Å². The van der Waals surface area contributed by atoms with E-state index in [0.29, 0.717) is 60.0 Å². The number of unbranched alkanes of at least 4 members (excludes halogenated alkanes) is 3. The zero-order valence-corrected chi connectivity index (χ0v) is 50.2. The minimum Gasteiger partial charge on any atom is -0.495 e. The highest BCUT2D eigenvalue weighted by molar-refractivity contribution is 7.80. The van der Waals surface area contributed by atoms with E-state index < -0.39 is 77.5 Å². The van der Waals surface area contributed by atoms with Gasteiger partial charge in [0.2, 0.25) is 11.8 Å². The quantitative estimate of drug-likeness (QED) is 0.0256. The third-order valence-electron chi connectivity index (χ3n) is 15.9. The number of Topliss-reactive ketones (excluding diaryl/α,β-unsaturated/α-hetero) is 2. The van der Waals surface area contributed by atoms with Crippen molar-refractivity contribution < 1.29 is 62.4 Å². The van der Waals surface area contributed by atoms with Crippen molar-refractivity contribution >= 4 is 92.4 Å². The number of benzene rings is 2. The molecule has 3 aliphatic heterocycles. The molecule has 3 aliphatic rings. The van der Waals surface area contributed by atoms with E-state index in [9.17, 15) is 38.7 Å². The number of nitrogens with two attached hydrogens (primary N) is 1. The normalized spacial score (nSPS) is 24.7. The number of allylic oxidation sites excluding steroid dienone is 3. The lowest BCUT2D eigenvalue weighted by atomic mass is 9.78. The van der Waals surface area contributed by atoms with E-state index in [1.807, 2.05) is 26.8 Å². The lowest BCUT2D eigenvalue weighted by Crippen LogP contribution is -2.53. The topological polar surface area (TPSA) is 267 Å². The van der Waals surface area contributed by atoms with E-state index in [-0.39, 0.29) is 72.8 Å². The van der Waals surface area contributed by atoms with E-state index in [4.69, 9.17) is 53.2 Å². The van der Waals surface area contributed by atoms with Crippen LogP contribution in [0.25, 0.3) is 10.9 Å². The van der Waals surface area contributed by atoms with Gasteiger partial charge in [-0.15, -0.1) is 0 Å². The van der Waals surface area contributed by atoms with Crippen molar-refractivity contribution in [1.29, 1.82) is 0 Å². The average Bonchev–Trinajstić information content (AvgIpc) is 4.20. The first kappa shape index (κ1) is 64.8. The molecule has 0 spiro atoms. The number of aromatic nitrogens is 1. The number of fused-ring (bicyclic) bond motifs is 6. The molecule has 2 aromatic carbocycles. The van der Waals surface area contributed by atoms with Crippen LogP contribution >= 0.6 is 23.8 Å². The van der Waals surface area contributed by atoms with Crippen molar-refractivity contribution in [3.05, 3.63) is 82.5 Å². The second kappa shape index (κ2) is 29.3. The Hall–Kier alpha value is -6.32. The van der Waals surface area contributed by atoms with Crippen LogP contribution in [-0.4, -0.2) is 126 Å². The van der Waals surface area contributed by atoms with Crippen molar-refractivity contribution in [3.63, 3.8) is 0 Å². The molecule has 6 rings (SSSR count). The fourth-order valence-electron chi connectivity index (χ4n) is 11.1. The molecule has 6 N–H and O–H groups in total. The van der Waals surface area contributed by atoms with Gasteiger partial charge in [0.25, 0.3) is 0 Å². The lowest BCUT2D eigenvalue weighted by Gasteiger charge is -2.41. The van der Waals surface area contributed by atoms with Gasteiger partial charge in [-0.3, -0.25) is 29.5 Å². The Morgan fingerprint density at radius 3 is 2.46 bits per heavy atom. The van der Waals surface area contributed by atoms with Crippen LogP contribution in [0.1, 0.15) is 130 Å². The number of methoxy groups -OCH3 is 2. The number of rotatable bonds is 23. The third-order valence-corrected chi connectivity index (χ3v) is 16.7. The molecule has 0 aliphatic carbocycles. The van der Waals surface area contributed by atoms with Gasteiger partial charge in [-0.2, -0.15) is 0 Å². The van der Waals surface area contributed by atoms with Crippen molar-refractivity contribution in [3.8, 4) is 5.75 Å². The molecule has 0 saturated carbocycles. The molecule has 2 fully saturated rings. The number of carbonyl (C=O) groups is 7. The number of esters is 1. The monoisotopic (exact) mass is 1170 g/mol. The molecular formula is C61H81ClN6O13S. The predicted molar refractivity (Wildman–Crippen MR) is 317 cm³/mol. The highest BCUT2D eigenvalue weighted by atomic mass is 35.5. The summed E-state index contributed by atoms with van der Waals surface area (Å²) < 4.78 is 29.9. The number of primary amides is 1. The average molecular weight is 1170 g/mol. The van der Waals surface area contributed by atoms with E-state index in [0.717, 1.165) is 41.7 Å². The van der Waals surface area contributed by atoms with Gasteiger partial charge in [0.05, 0.1) is 49.0 Å². The summed E-state index contributed by atoms with van der Waals surface area (Å²) >= 11 is 12.6. The Bertz CT molecular complexity index is 2920. The number of epoxide rings is 1. The van der Waals surface area contributed by atoms with Gasteiger partial charge in [-0.25, -0.2) is 9.59 Å². The molecule has 3 aromatic rings. The first-order valence-corrected chi connectivity index (χ1v) is 29.0. The first-order valence-electron chi connectivity index (χ1n) is 28.2. The van der Waals surface area contributed by atoms with Crippen molar-refractivity contribution in [1.82, 2.24) is 15.6 Å². The largest absolute Gasteiger partial charge is 0.495 e. The number of nitrogens with one attached hydrogen (secondary N) is 3. The number of ketones is 2. The fourth-order valence-corrected chi connectivity index (χ4v) is 11.7. The Labute approximate surface area is 491 Å². The van der Waals surface area contributed by atoms with Crippen LogP contribution in [0.5, 0.6) is 5.75 Å². The summed E-state index contributed by atoms with van der Waals surface area (Å²) in [4.78, 5) is 100. The molecule has 0 unspecified atom stereocenters. The molecular weight excluding hydrogens is 1090 g/mol. The minimum atomic E-state index is -1.64. The fraction of sp³-hybridized carbons (Fsp3) is 0.557. The van der Waals surface area contributed by atoms with Gasteiger partial charge < -0.3 is 54.9 Å². The van der Waals surface area contributed by atoms with Gasteiger partial charge in [0, 0.05) is 63.4 Å². The van der Waals surface area contributed by atoms with Gasteiger partial charge in [-0.05, 0) is 112 Å². The van der Waals surface area contributed by atoms with E-state index in [1.54, 1.807) is 76.4 Å². The second-order valence-corrected chi connectivity index (χ2v) is 23.6. The number of carbonyl (C=O) groups excluding carboxylic acids is 7. The molecule has 446 valence electrons. The maximum absolute atomic E-state index is 14.6. The highest BCUT2D eigenvalue weighted by Gasteiger charge is 2.64. The second-order valence-electron chi connectivity index (χ2n) is 22.7. The molecule has 21 heteroatoms. The number of hydrogen-bond acceptors (Lipinski definition) is 15. The molecule has 2 saturated heterocycles. The molecule has 0 radical (unpaired) electrons. The number of halogens is 1. The Kier molecular flexibility index (Phi) is 23.1. The van der Waals surface area contributed by atoms with E-state index >= 15 is 0 Å². The number of nitrogens with zero attached hydrogens (tertiary/aromatic N) is 2. The molecule has 1 aromatic heterocycles. The third kappa shape index (κ3) is 17.1. The van der Waals surface area contributed by atoms with Gasteiger partial charge in [0.15, 0.2) is 5.78 Å². The number of amides is 5. The maximum Gasteiger partial charge on any atom is 0.412 e. The van der Waals surface area contributed by atoms with Crippen molar-refractivity contribution in [2.75, 3.05) is 38.0 Å². The molecule has 19 nitrogen and oxygen atoms in total. The molecule has 5 amide bonds. The number of thiocarbonyl (C=S) groups is 1. The number of urea groups is 1. The highest BCUT2D eigenvalue weighted by Crippen LogP contribution is 2.50. The van der Waals surface area contributed by atoms with Crippen LogP contribution in [-0.2, 0) is 55.8 Å². The van der Waals surface area contributed by atoms with E-state index in [2.05, 4.69) is 20.9 Å². The van der Waals surface area contributed by atoms with Gasteiger partial charge >= 0.3 is 18.1 Å². The van der Waals surface area contributed by atoms with Crippen LogP contribution in [0.4, 0.5) is 21.0 Å². The molecule has 4 bridgehead atoms. The minimum absolute atomic E-state index is 0.00486. The number of aliphatic hydroxyl groups is 1. The number of anilines is 2. The SMILES string of the molecule is COc1cc2cc(c1Cl)N(C)C(=O)C[C@H](OC(=O)Nc1ccc(CC(=O)[C@H](CCCNC(N)=O)NC(=O)[C@@H](CC(=S)CCCCCCC(C)=O)C(C)C)c3cccnc13)[C@]1(C)O[C@H]1[C@H](C)[C@@H]1C[C@@](O)(CC(=O)O1)[C@H](OC)/C=C/C=C(\C)C2. The number of ether oxygens (including phenoxy) is 5. The van der Waals surface area contributed by atoms with Crippen LogP contribution < -0.4 is 31.3 Å². The zero-order valence-electron chi connectivity index (χ0n) is 48.6. The van der Waals surface area contributed by atoms with E-state index in [1.165, 1.54) is 25.3 Å². The first-order chi connectivity index (χ1) is 38.9. The maximum atomic E-state index is 14.6.